The molecule has 1 saturated heterocycles. The van der Waals surface area contributed by atoms with Gasteiger partial charge >= 0.3 is 17.8 Å². The molecule has 0 atom stereocenters. The molecule has 0 amide bonds. The lowest BCUT2D eigenvalue weighted by molar-refractivity contribution is -0.217. The van der Waals surface area contributed by atoms with Crippen LogP contribution in [0.5, 0.6) is 5.75 Å². The minimum absolute atomic E-state index is 0.125. The number of aromatic nitrogens is 1. The highest BCUT2D eigenvalue weighted by Gasteiger charge is 2.47. The van der Waals surface area contributed by atoms with Crippen LogP contribution in [-0.4, -0.2) is 42.5 Å². The molecule has 0 radical (unpaired) electrons. The summed E-state index contributed by atoms with van der Waals surface area (Å²) in [5, 5.41) is 3.13. The summed E-state index contributed by atoms with van der Waals surface area (Å²) in [6.07, 6.45) is 5.70. The van der Waals surface area contributed by atoms with Crippen molar-refractivity contribution < 1.29 is 23.8 Å². The minimum Gasteiger partial charge on any atom is -0.463 e. The Hall–Kier alpha value is -2.39. The second-order valence-corrected chi connectivity index (χ2v) is 6.09. The van der Waals surface area contributed by atoms with Gasteiger partial charge in [-0.05, 0) is 28.9 Å². The Balaban J connectivity index is 2.04. The normalized spacial score (nSPS) is 19.6. The molecule has 0 saturated carbocycles. The predicted molar refractivity (Wildman–Crippen MR) is 91.6 cm³/mol. The summed E-state index contributed by atoms with van der Waals surface area (Å²) in [6.45, 7) is 4.81. The van der Waals surface area contributed by atoms with Crippen LogP contribution in [0.15, 0.2) is 41.9 Å². The summed E-state index contributed by atoms with van der Waals surface area (Å²) < 4.78 is 16.8. The summed E-state index contributed by atoms with van der Waals surface area (Å²) in [4.78, 5) is 29.8. The van der Waals surface area contributed by atoms with Crippen molar-refractivity contribution in [3.05, 3.63) is 41.9 Å². The molecule has 1 fully saturated rings. The summed E-state index contributed by atoms with van der Waals surface area (Å²) >= 11 is 3.29. The Morgan fingerprint density at radius 2 is 2.08 bits per heavy atom. The third-order valence-corrected chi connectivity index (χ3v) is 4.28. The van der Waals surface area contributed by atoms with Crippen LogP contribution in [-0.2, 0) is 19.1 Å². The number of rotatable bonds is 3. The van der Waals surface area contributed by atoms with E-state index in [9.17, 15) is 9.59 Å². The van der Waals surface area contributed by atoms with Gasteiger partial charge in [0, 0.05) is 24.8 Å². The van der Waals surface area contributed by atoms with Crippen LogP contribution in [0.2, 0.25) is 0 Å². The van der Waals surface area contributed by atoms with E-state index in [-0.39, 0.29) is 6.54 Å². The van der Waals surface area contributed by atoms with E-state index in [1.54, 1.807) is 17.2 Å². The fourth-order valence-electron chi connectivity index (χ4n) is 2.66. The number of pyridine rings is 1. The molecule has 132 valence electrons. The predicted octanol–water partition coefficient (Wildman–Crippen LogP) is 1.48. The number of ether oxygens (including phenoxy) is 3. The molecule has 1 aromatic rings. The number of carbonyl (C=O) groups is 2. The van der Waals surface area contributed by atoms with E-state index in [0.29, 0.717) is 29.1 Å². The molecule has 1 aromatic heterocycles. The topological polar surface area (TPSA) is 90.0 Å². The van der Waals surface area contributed by atoms with Gasteiger partial charge in [0.15, 0.2) is 5.75 Å². The maximum absolute atomic E-state index is 12.0. The van der Waals surface area contributed by atoms with Crippen molar-refractivity contribution >= 4 is 33.6 Å². The molecule has 1 spiro atoms. The lowest BCUT2D eigenvalue weighted by atomic mass is 10.2. The van der Waals surface area contributed by atoms with Crippen molar-refractivity contribution in [2.24, 2.45) is 0 Å². The first kappa shape index (κ1) is 17.4. The quantitative estimate of drug-likeness (QED) is 0.456. The first-order valence-corrected chi connectivity index (χ1v) is 8.39. The number of halogens is 1. The maximum Gasteiger partial charge on any atom is 0.356 e. The van der Waals surface area contributed by atoms with Crippen molar-refractivity contribution in [1.82, 2.24) is 10.3 Å². The minimum atomic E-state index is -1.60. The van der Waals surface area contributed by atoms with Gasteiger partial charge in [-0.2, -0.15) is 0 Å². The number of hydrogen-bond acceptors (Lipinski definition) is 8. The molecule has 3 heterocycles. The molecule has 3 rings (SSSR count). The third-order valence-electron chi connectivity index (χ3n) is 3.68. The Morgan fingerprint density at radius 3 is 2.76 bits per heavy atom. The number of nitrogens with one attached hydrogen (secondary N) is 1. The first-order valence-electron chi connectivity index (χ1n) is 7.59. The Kier molecular flexibility index (Phi) is 5.05. The van der Waals surface area contributed by atoms with Gasteiger partial charge in [0.05, 0.1) is 24.7 Å². The summed E-state index contributed by atoms with van der Waals surface area (Å²) in [6, 6.07) is 1.70. The van der Waals surface area contributed by atoms with Gasteiger partial charge in [0.25, 0.3) is 0 Å². The number of hydrogen-bond donors (Lipinski definition) is 1. The largest absolute Gasteiger partial charge is 0.463 e. The number of carbonyl (C=O) groups excluding carboxylic acids is 2. The Labute approximate surface area is 152 Å². The number of esters is 2. The van der Waals surface area contributed by atoms with E-state index in [2.05, 4.69) is 32.8 Å². The van der Waals surface area contributed by atoms with Gasteiger partial charge in [-0.3, -0.25) is 4.90 Å². The van der Waals surface area contributed by atoms with Crippen LogP contribution in [0.1, 0.15) is 6.42 Å². The lowest BCUT2D eigenvalue weighted by Gasteiger charge is -2.40. The molecule has 0 unspecified atom stereocenters. The van der Waals surface area contributed by atoms with Gasteiger partial charge in [-0.25, -0.2) is 14.6 Å². The van der Waals surface area contributed by atoms with Gasteiger partial charge in [0.1, 0.15) is 4.60 Å². The van der Waals surface area contributed by atoms with E-state index < -0.39 is 17.8 Å². The zero-order valence-corrected chi connectivity index (χ0v) is 14.8. The molecule has 0 aromatic carbocycles. The number of anilines is 1. The molecule has 2 aliphatic heterocycles. The zero-order chi connectivity index (χ0) is 17.9. The average molecular weight is 410 g/mol. The fourth-order valence-corrected chi connectivity index (χ4v) is 2.97. The van der Waals surface area contributed by atoms with Crippen LogP contribution in [0, 0.1) is 0 Å². The highest BCUT2D eigenvalue weighted by Crippen LogP contribution is 2.34. The molecule has 9 heteroatoms. The highest BCUT2D eigenvalue weighted by molar-refractivity contribution is 9.10. The van der Waals surface area contributed by atoms with E-state index in [0.717, 1.165) is 18.6 Å². The van der Waals surface area contributed by atoms with Crippen molar-refractivity contribution in [3.63, 3.8) is 0 Å². The van der Waals surface area contributed by atoms with Crippen molar-refractivity contribution in [2.45, 2.75) is 12.3 Å². The van der Waals surface area contributed by atoms with Gasteiger partial charge in [-0.1, -0.05) is 6.58 Å². The maximum atomic E-state index is 12.0. The SMILES string of the molecule is C=COc1cc(N2CCCNCC23OC(=O)C=CC(=O)O3)cnc1Br. The highest BCUT2D eigenvalue weighted by atomic mass is 79.9. The van der Waals surface area contributed by atoms with Crippen LogP contribution < -0.4 is 15.0 Å². The molecule has 2 aliphatic rings. The first-order chi connectivity index (χ1) is 12.0. The van der Waals surface area contributed by atoms with Crippen LogP contribution in [0.4, 0.5) is 5.69 Å². The summed E-state index contributed by atoms with van der Waals surface area (Å²) in [5.41, 5.74) is 0.575. The van der Waals surface area contributed by atoms with Crippen LogP contribution in [0.3, 0.4) is 0 Å². The molecule has 0 aliphatic carbocycles. The van der Waals surface area contributed by atoms with E-state index in [1.165, 1.54) is 6.26 Å². The summed E-state index contributed by atoms with van der Waals surface area (Å²) in [7, 11) is 0. The molecule has 0 bridgehead atoms. The monoisotopic (exact) mass is 409 g/mol. The Bertz CT molecular complexity index is 716. The number of nitrogens with zero attached hydrogens (tertiary/aromatic N) is 2. The van der Waals surface area contributed by atoms with E-state index in [4.69, 9.17) is 14.2 Å². The van der Waals surface area contributed by atoms with Crippen LogP contribution >= 0.6 is 15.9 Å². The lowest BCUT2D eigenvalue weighted by Crippen LogP contribution is -2.58. The smallest absolute Gasteiger partial charge is 0.356 e. The van der Waals surface area contributed by atoms with E-state index in [1.807, 2.05) is 0 Å². The van der Waals surface area contributed by atoms with Gasteiger partial charge in [0.2, 0.25) is 0 Å². The molecule has 25 heavy (non-hydrogen) atoms. The van der Waals surface area contributed by atoms with Crippen molar-refractivity contribution in [3.8, 4) is 5.75 Å². The van der Waals surface area contributed by atoms with Crippen molar-refractivity contribution in [1.29, 1.82) is 0 Å². The fraction of sp³-hybridized carbons (Fsp3) is 0.312. The zero-order valence-electron chi connectivity index (χ0n) is 13.2. The molecule has 8 nitrogen and oxygen atoms in total. The van der Waals surface area contributed by atoms with Crippen LogP contribution in [0.25, 0.3) is 0 Å². The van der Waals surface area contributed by atoms with Crippen molar-refractivity contribution in [2.75, 3.05) is 24.5 Å². The standard InChI is InChI=1S/C16H16BrN3O5/c1-2-23-12-8-11(9-19-15(12)17)20-7-3-6-18-10-16(20)24-13(21)4-5-14(22)25-16/h2,4-5,8-9,18H,1,3,6-7,10H2. The third kappa shape index (κ3) is 3.67. The molecular formula is C16H16BrN3O5. The average Bonchev–Trinajstić information content (AvgIpc) is 2.86. The molecule has 1 N–H and O–H groups in total. The Morgan fingerprint density at radius 1 is 1.36 bits per heavy atom. The second kappa shape index (κ2) is 7.24. The summed E-state index contributed by atoms with van der Waals surface area (Å²) in [5.74, 6) is -2.49. The molecular weight excluding hydrogens is 394 g/mol. The van der Waals surface area contributed by atoms with E-state index >= 15 is 0 Å². The van der Waals surface area contributed by atoms with Gasteiger partial charge < -0.3 is 19.5 Å². The second-order valence-electron chi connectivity index (χ2n) is 5.34. The van der Waals surface area contributed by atoms with Gasteiger partial charge in [-0.15, -0.1) is 0 Å².